The minimum Gasteiger partial charge on any atom is -0.341 e. The number of nitrogens with two attached hydrogens (primary N) is 1. The number of halogens is 2. The normalized spacial score (nSPS) is 11.4. The number of amides is 1. The van der Waals surface area contributed by atoms with Gasteiger partial charge in [0.1, 0.15) is 0 Å². The van der Waals surface area contributed by atoms with Crippen LogP contribution in [0.15, 0.2) is 27.1 Å². The van der Waals surface area contributed by atoms with Gasteiger partial charge >= 0.3 is 0 Å². The first-order chi connectivity index (χ1) is 8.26. The molecule has 0 heterocycles. The third-order valence-corrected chi connectivity index (χ3v) is 3.91. The Balaban J connectivity index is 2.90. The fourth-order valence-electron chi connectivity index (χ4n) is 1.65. The smallest absolute Gasteiger partial charge is 0.254 e. The molecule has 0 atom stereocenters. The van der Waals surface area contributed by atoms with E-state index in [9.17, 15) is 4.79 Å². The van der Waals surface area contributed by atoms with Gasteiger partial charge in [-0.15, -0.1) is 0 Å². The lowest BCUT2D eigenvalue weighted by molar-refractivity contribution is 0.0739. The van der Waals surface area contributed by atoms with Crippen molar-refractivity contribution in [2.24, 2.45) is 11.1 Å². The Kier molecular flexibility index (Phi) is 5.37. The van der Waals surface area contributed by atoms with Crippen LogP contribution in [0.5, 0.6) is 0 Å². The van der Waals surface area contributed by atoms with E-state index in [-0.39, 0.29) is 11.3 Å². The average molecular weight is 378 g/mol. The van der Waals surface area contributed by atoms with Crippen molar-refractivity contribution in [2.75, 3.05) is 20.1 Å². The second-order valence-corrected chi connectivity index (χ2v) is 6.92. The molecule has 18 heavy (non-hydrogen) atoms. The van der Waals surface area contributed by atoms with Crippen LogP contribution >= 0.6 is 31.9 Å². The van der Waals surface area contributed by atoms with Crippen molar-refractivity contribution in [2.45, 2.75) is 13.8 Å². The fraction of sp³-hybridized carbons (Fsp3) is 0.462. The Morgan fingerprint density at radius 1 is 1.39 bits per heavy atom. The molecule has 3 nitrogen and oxygen atoms in total. The summed E-state index contributed by atoms with van der Waals surface area (Å²) in [6, 6.07) is 5.57. The summed E-state index contributed by atoms with van der Waals surface area (Å²) in [7, 11) is 1.80. The Morgan fingerprint density at radius 3 is 2.56 bits per heavy atom. The van der Waals surface area contributed by atoms with Gasteiger partial charge in [0.2, 0.25) is 0 Å². The van der Waals surface area contributed by atoms with E-state index in [0.29, 0.717) is 18.7 Å². The molecule has 0 unspecified atom stereocenters. The topological polar surface area (TPSA) is 46.3 Å². The predicted molar refractivity (Wildman–Crippen MR) is 81.6 cm³/mol. The molecule has 1 aromatic rings. The molecule has 0 bridgehead atoms. The van der Waals surface area contributed by atoms with Gasteiger partial charge in [-0.1, -0.05) is 29.8 Å². The van der Waals surface area contributed by atoms with Crippen LogP contribution in [-0.2, 0) is 0 Å². The first-order valence-corrected chi connectivity index (χ1v) is 7.26. The van der Waals surface area contributed by atoms with Crippen LogP contribution in [0.1, 0.15) is 24.2 Å². The number of hydrogen-bond acceptors (Lipinski definition) is 2. The molecule has 1 amide bonds. The van der Waals surface area contributed by atoms with Gasteiger partial charge in [0.05, 0.1) is 5.56 Å². The van der Waals surface area contributed by atoms with Gasteiger partial charge in [0.25, 0.3) is 5.91 Å². The van der Waals surface area contributed by atoms with E-state index >= 15 is 0 Å². The van der Waals surface area contributed by atoms with E-state index in [1.807, 2.05) is 32.0 Å². The highest BCUT2D eigenvalue weighted by molar-refractivity contribution is 9.11. The number of nitrogens with zero attached hydrogens (tertiary/aromatic N) is 1. The first kappa shape index (κ1) is 15.7. The van der Waals surface area contributed by atoms with Crippen molar-refractivity contribution in [1.29, 1.82) is 0 Å². The van der Waals surface area contributed by atoms with Crippen molar-refractivity contribution in [1.82, 2.24) is 4.90 Å². The van der Waals surface area contributed by atoms with Gasteiger partial charge in [-0.3, -0.25) is 4.79 Å². The van der Waals surface area contributed by atoms with Gasteiger partial charge in [-0.25, -0.2) is 0 Å². The summed E-state index contributed by atoms with van der Waals surface area (Å²) in [6.45, 7) is 5.27. The lowest BCUT2D eigenvalue weighted by Crippen LogP contribution is -2.39. The van der Waals surface area contributed by atoms with E-state index in [1.54, 1.807) is 11.9 Å². The summed E-state index contributed by atoms with van der Waals surface area (Å²) in [5.74, 6) is -0.00954. The van der Waals surface area contributed by atoms with Crippen LogP contribution in [-0.4, -0.2) is 30.9 Å². The molecule has 0 aromatic heterocycles. The minimum absolute atomic E-state index is 0.00954. The molecule has 0 aliphatic rings. The quantitative estimate of drug-likeness (QED) is 0.875. The van der Waals surface area contributed by atoms with Gasteiger partial charge in [0, 0.05) is 22.5 Å². The van der Waals surface area contributed by atoms with Gasteiger partial charge in [-0.05, 0) is 46.1 Å². The molecule has 0 saturated heterocycles. The molecule has 1 aromatic carbocycles. The summed E-state index contributed by atoms with van der Waals surface area (Å²) in [5.41, 5.74) is 6.26. The van der Waals surface area contributed by atoms with Gasteiger partial charge in [-0.2, -0.15) is 0 Å². The van der Waals surface area contributed by atoms with E-state index in [0.717, 1.165) is 8.95 Å². The summed E-state index contributed by atoms with van der Waals surface area (Å²) < 4.78 is 1.69. The predicted octanol–water partition coefficient (Wildman–Crippen LogP) is 3.27. The SMILES string of the molecule is CN(CC(C)(C)CN)C(=O)c1cc(Br)ccc1Br. The molecule has 0 spiro atoms. The molecule has 2 N–H and O–H groups in total. The number of benzene rings is 1. The number of carbonyl (C=O) groups is 1. The van der Waals surface area contributed by atoms with E-state index < -0.39 is 0 Å². The summed E-state index contributed by atoms with van der Waals surface area (Å²) in [5, 5.41) is 0. The number of rotatable bonds is 4. The summed E-state index contributed by atoms with van der Waals surface area (Å²) >= 11 is 6.78. The van der Waals surface area contributed by atoms with Crippen molar-refractivity contribution >= 4 is 37.8 Å². The standard InChI is InChI=1S/C13H18Br2N2O/c1-13(2,7-16)8-17(3)12(18)10-6-9(14)4-5-11(10)15/h4-6H,7-8,16H2,1-3H3. The lowest BCUT2D eigenvalue weighted by Gasteiger charge is -2.29. The van der Waals surface area contributed by atoms with Crippen LogP contribution in [0.25, 0.3) is 0 Å². The minimum atomic E-state index is -0.0805. The third-order valence-electron chi connectivity index (χ3n) is 2.72. The second kappa shape index (κ2) is 6.17. The highest BCUT2D eigenvalue weighted by Gasteiger charge is 2.23. The molecule has 0 aliphatic heterocycles. The van der Waals surface area contributed by atoms with Gasteiger partial charge in [0.15, 0.2) is 0 Å². The molecule has 0 radical (unpaired) electrons. The van der Waals surface area contributed by atoms with Crippen molar-refractivity contribution in [3.05, 3.63) is 32.7 Å². The number of hydrogen-bond donors (Lipinski definition) is 1. The monoisotopic (exact) mass is 376 g/mol. The Morgan fingerprint density at radius 2 is 2.00 bits per heavy atom. The number of carbonyl (C=O) groups excluding carboxylic acids is 1. The zero-order valence-electron chi connectivity index (χ0n) is 10.8. The molecule has 5 heteroatoms. The fourth-order valence-corrected chi connectivity index (χ4v) is 2.42. The molecule has 1 rings (SSSR count). The molecule has 0 aliphatic carbocycles. The van der Waals surface area contributed by atoms with Crippen LogP contribution < -0.4 is 5.73 Å². The summed E-state index contributed by atoms with van der Waals surface area (Å²) in [6.07, 6.45) is 0. The molecular formula is C13H18Br2N2O. The van der Waals surface area contributed by atoms with Crippen molar-refractivity contribution < 1.29 is 4.79 Å². The average Bonchev–Trinajstić information content (AvgIpc) is 2.31. The second-order valence-electron chi connectivity index (χ2n) is 5.15. The zero-order chi connectivity index (χ0) is 13.9. The molecular weight excluding hydrogens is 360 g/mol. The highest BCUT2D eigenvalue weighted by atomic mass is 79.9. The highest BCUT2D eigenvalue weighted by Crippen LogP contribution is 2.24. The van der Waals surface area contributed by atoms with E-state index in [1.165, 1.54) is 0 Å². The molecule has 0 saturated carbocycles. The van der Waals surface area contributed by atoms with Crippen LogP contribution in [0.4, 0.5) is 0 Å². The van der Waals surface area contributed by atoms with Crippen LogP contribution in [0.3, 0.4) is 0 Å². The van der Waals surface area contributed by atoms with Crippen LogP contribution in [0.2, 0.25) is 0 Å². The summed E-state index contributed by atoms with van der Waals surface area (Å²) in [4.78, 5) is 14.1. The Hall–Kier alpha value is -0.390. The van der Waals surface area contributed by atoms with Crippen LogP contribution in [0, 0.1) is 5.41 Å². The maximum atomic E-state index is 12.3. The Labute approximate surface area is 125 Å². The van der Waals surface area contributed by atoms with Crippen molar-refractivity contribution in [3.8, 4) is 0 Å². The molecule has 100 valence electrons. The maximum Gasteiger partial charge on any atom is 0.254 e. The van der Waals surface area contributed by atoms with Gasteiger partial charge < -0.3 is 10.6 Å². The lowest BCUT2D eigenvalue weighted by atomic mass is 9.93. The first-order valence-electron chi connectivity index (χ1n) is 5.67. The third kappa shape index (κ3) is 4.07. The maximum absolute atomic E-state index is 12.3. The van der Waals surface area contributed by atoms with E-state index in [4.69, 9.17) is 5.73 Å². The molecule has 0 fully saturated rings. The Bertz CT molecular complexity index is 447. The van der Waals surface area contributed by atoms with Crippen molar-refractivity contribution in [3.63, 3.8) is 0 Å². The van der Waals surface area contributed by atoms with E-state index in [2.05, 4.69) is 31.9 Å². The zero-order valence-corrected chi connectivity index (χ0v) is 14.0. The largest absolute Gasteiger partial charge is 0.341 e.